The summed E-state index contributed by atoms with van der Waals surface area (Å²) in [5.74, 6) is -0.417. The molecule has 0 atom stereocenters. The SMILES string of the molecule is CCOC(=O)c1c2n(c3ccc(F)c(Br)c3c1=O)CCS2. The zero-order valence-electron chi connectivity index (χ0n) is 11.1. The van der Waals surface area contributed by atoms with Gasteiger partial charge in [-0.05, 0) is 35.0 Å². The molecule has 1 aliphatic heterocycles. The highest BCUT2D eigenvalue weighted by Gasteiger charge is 2.28. The molecule has 0 radical (unpaired) electrons. The van der Waals surface area contributed by atoms with Crippen LogP contribution < -0.4 is 5.43 Å². The Bertz CT molecular complexity index is 818. The van der Waals surface area contributed by atoms with E-state index in [1.54, 1.807) is 13.0 Å². The van der Waals surface area contributed by atoms with Crippen LogP contribution in [0.15, 0.2) is 26.4 Å². The summed E-state index contributed by atoms with van der Waals surface area (Å²) in [6.07, 6.45) is 0. The summed E-state index contributed by atoms with van der Waals surface area (Å²) < 4.78 is 20.7. The molecule has 4 nitrogen and oxygen atoms in total. The predicted molar refractivity (Wildman–Crippen MR) is 82.5 cm³/mol. The van der Waals surface area contributed by atoms with Crippen molar-refractivity contribution in [2.75, 3.05) is 12.4 Å². The molecule has 0 bridgehead atoms. The Balaban J connectivity index is 2.44. The van der Waals surface area contributed by atoms with Crippen molar-refractivity contribution in [3.63, 3.8) is 0 Å². The Morgan fingerprint density at radius 3 is 3.00 bits per heavy atom. The van der Waals surface area contributed by atoms with Crippen LogP contribution in [0.1, 0.15) is 17.3 Å². The number of pyridine rings is 1. The fourth-order valence-electron chi connectivity index (χ4n) is 2.44. The van der Waals surface area contributed by atoms with Gasteiger partial charge in [0.05, 0.1) is 27.0 Å². The molecule has 0 unspecified atom stereocenters. The average Bonchev–Trinajstić information content (AvgIpc) is 2.91. The second-order valence-electron chi connectivity index (χ2n) is 4.49. The summed E-state index contributed by atoms with van der Waals surface area (Å²) in [5, 5.41) is 0.786. The van der Waals surface area contributed by atoms with E-state index in [2.05, 4.69) is 15.9 Å². The first-order valence-electron chi connectivity index (χ1n) is 6.40. The number of aromatic nitrogens is 1. The number of carbonyl (C=O) groups excluding carboxylic acids is 1. The fraction of sp³-hybridized carbons (Fsp3) is 0.286. The Hall–Kier alpha value is -1.34. The number of halogens is 2. The van der Waals surface area contributed by atoms with Crippen LogP contribution in [0.5, 0.6) is 0 Å². The summed E-state index contributed by atoms with van der Waals surface area (Å²) in [7, 11) is 0. The lowest BCUT2D eigenvalue weighted by Crippen LogP contribution is -2.22. The van der Waals surface area contributed by atoms with Crippen LogP contribution in [0, 0.1) is 5.82 Å². The Morgan fingerprint density at radius 2 is 2.29 bits per heavy atom. The molecule has 3 rings (SSSR count). The van der Waals surface area contributed by atoms with Crippen molar-refractivity contribution < 1.29 is 13.9 Å². The van der Waals surface area contributed by atoms with Crippen LogP contribution in [0.3, 0.4) is 0 Å². The van der Waals surface area contributed by atoms with Gasteiger partial charge in [0.1, 0.15) is 11.4 Å². The second-order valence-corrected chi connectivity index (χ2v) is 6.36. The number of rotatable bonds is 2. The van der Waals surface area contributed by atoms with E-state index < -0.39 is 17.2 Å². The maximum Gasteiger partial charge on any atom is 0.344 e. The molecular weight excluding hydrogens is 361 g/mol. The van der Waals surface area contributed by atoms with Gasteiger partial charge in [0.2, 0.25) is 5.43 Å². The van der Waals surface area contributed by atoms with Crippen molar-refractivity contribution in [3.8, 4) is 0 Å². The lowest BCUT2D eigenvalue weighted by molar-refractivity contribution is 0.0519. The third-order valence-electron chi connectivity index (χ3n) is 3.31. The fourth-order valence-corrected chi connectivity index (χ4v) is 4.09. The van der Waals surface area contributed by atoms with Crippen LogP contribution in [-0.4, -0.2) is 22.9 Å². The van der Waals surface area contributed by atoms with Crippen LogP contribution in [0.2, 0.25) is 0 Å². The number of benzene rings is 1. The topological polar surface area (TPSA) is 48.3 Å². The van der Waals surface area contributed by atoms with E-state index in [1.807, 2.05) is 4.57 Å². The van der Waals surface area contributed by atoms with Gasteiger partial charge in [-0.2, -0.15) is 0 Å². The molecule has 0 aliphatic carbocycles. The van der Waals surface area contributed by atoms with E-state index >= 15 is 0 Å². The first-order chi connectivity index (χ1) is 10.1. The molecule has 1 aromatic carbocycles. The van der Waals surface area contributed by atoms with Gasteiger partial charge < -0.3 is 9.30 Å². The van der Waals surface area contributed by atoms with Gasteiger partial charge in [-0.15, -0.1) is 11.8 Å². The Labute approximate surface area is 132 Å². The number of carbonyl (C=O) groups is 1. The lowest BCUT2D eigenvalue weighted by atomic mass is 10.1. The van der Waals surface area contributed by atoms with Crippen molar-refractivity contribution in [1.82, 2.24) is 4.57 Å². The minimum Gasteiger partial charge on any atom is -0.462 e. The van der Waals surface area contributed by atoms with Crippen molar-refractivity contribution >= 4 is 44.6 Å². The molecule has 0 amide bonds. The van der Waals surface area contributed by atoms with Crippen LogP contribution in [0.4, 0.5) is 4.39 Å². The van der Waals surface area contributed by atoms with Gasteiger partial charge in [-0.3, -0.25) is 4.79 Å². The molecule has 2 aromatic rings. The van der Waals surface area contributed by atoms with Crippen LogP contribution in [-0.2, 0) is 11.3 Å². The van der Waals surface area contributed by atoms with E-state index in [0.29, 0.717) is 17.1 Å². The summed E-state index contributed by atoms with van der Waals surface area (Å²) in [6.45, 7) is 2.53. The number of ether oxygens (including phenoxy) is 1. The number of thioether (sulfide) groups is 1. The zero-order chi connectivity index (χ0) is 15.1. The molecule has 0 fully saturated rings. The zero-order valence-corrected chi connectivity index (χ0v) is 13.5. The first-order valence-corrected chi connectivity index (χ1v) is 8.18. The third-order valence-corrected chi connectivity index (χ3v) is 5.17. The maximum absolute atomic E-state index is 13.7. The summed E-state index contributed by atoms with van der Waals surface area (Å²) in [4.78, 5) is 24.8. The van der Waals surface area contributed by atoms with Gasteiger partial charge >= 0.3 is 5.97 Å². The predicted octanol–water partition coefficient (Wildman–Crippen LogP) is 3.19. The molecule has 2 heterocycles. The van der Waals surface area contributed by atoms with Gasteiger partial charge in [0.25, 0.3) is 0 Å². The van der Waals surface area contributed by atoms with Gasteiger partial charge in [0.15, 0.2) is 0 Å². The molecule has 0 saturated heterocycles. The average molecular weight is 372 g/mol. The second kappa shape index (κ2) is 5.46. The first kappa shape index (κ1) is 14.6. The number of esters is 1. The molecule has 21 heavy (non-hydrogen) atoms. The highest BCUT2D eigenvalue weighted by atomic mass is 79.9. The van der Waals surface area contributed by atoms with Crippen molar-refractivity contribution in [2.24, 2.45) is 0 Å². The minimum atomic E-state index is -0.654. The number of hydrogen-bond donors (Lipinski definition) is 0. The quantitative estimate of drug-likeness (QED) is 0.760. The number of aryl methyl sites for hydroxylation is 1. The smallest absolute Gasteiger partial charge is 0.344 e. The Morgan fingerprint density at radius 1 is 1.52 bits per heavy atom. The standard InChI is InChI=1S/C14H11BrFNO3S/c1-2-20-14(19)10-12(18)9-8(4-3-7(16)11(9)15)17-5-6-21-13(10)17/h3-4H,2,5-6H2,1H3. The molecule has 1 aliphatic rings. The highest BCUT2D eigenvalue weighted by Crippen LogP contribution is 2.34. The van der Waals surface area contributed by atoms with Crippen LogP contribution in [0.25, 0.3) is 10.9 Å². The van der Waals surface area contributed by atoms with Crippen molar-refractivity contribution in [1.29, 1.82) is 0 Å². The molecule has 1 aromatic heterocycles. The molecular formula is C14H11BrFNO3S. The van der Waals surface area contributed by atoms with E-state index in [1.165, 1.54) is 17.8 Å². The van der Waals surface area contributed by atoms with E-state index in [0.717, 1.165) is 5.75 Å². The summed E-state index contributed by atoms with van der Waals surface area (Å²) >= 11 is 4.56. The van der Waals surface area contributed by atoms with E-state index in [4.69, 9.17) is 4.74 Å². The molecule has 7 heteroatoms. The Kier molecular flexibility index (Phi) is 3.79. The third kappa shape index (κ3) is 2.19. The summed E-state index contributed by atoms with van der Waals surface area (Å²) in [6, 6.07) is 2.88. The molecule has 0 N–H and O–H groups in total. The molecule has 0 spiro atoms. The van der Waals surface area contributed by atoms with E-state index in [-0.39, 0.29) is 22.0 Å². The van der Waals surface area contributed by atoms with Crippen LogP contribution >= 0.6 is 27.7 Å². The maximum atomic E-state index is 13.7. The van der Waals surface area contributed by atoms with Crippen molar-refractivity contribution in [2.45, 2.75) is 18.5 Å². The lowest BCUT2D eigenvalue weighted by Gasteiger charge is -2.13. The summed E-state index contributed by atoms with van der Waals surface area (Å²) in [5.41, 5.74) is 0.134. The number of fused-ring (bicyclic) bond motifs is 3. The minimum absolute atomic E-state index is 0.00171. The normalized spacial score (nSPS) is 13.5. The van der Waals surface area contributed by atoms with Crippen molar-refractivity contribution in [3.05, 3.63) is 38.2 Å². The van der Waals surface area contributed by atoms with Gasteiger partial charge in [-0.25, -0.2) is 9.18 Å². The number of nitrogens with zero attached hydrogens (tertiary/aromatic N) is 1. The molecule has 110 valence electrons. The largest absolute Gasteiger partial charge is 0.462 e. The van der Waals surface area contributed by atoms with Gasteiger partial charge in [-0.1, -0.05) is 0 Å². The van der Waals surface area contributed by atoms with Gasteiger partial charge in [0, 0.05) is 12.3 Å². The monoisotopic (exact) mass is 371 g/mol. The highest BCUT2D eigenvalue weighted by molar-refractivity contribution is 9.10. The molecule has 0 saturated carbocycles. The van der Waals surface area contributed by atoms with E-state index in [9.17, 15) is 14.0 Å². The number of hydrogen-bond acceptors (Lipinski definition) is 4.